The first-order valence-corrected chi connectivity index (χ1v) is 8.76. The maximum atomic E-state index is 11.8. The monoisotopic (exact) mass is 338 g/mol. The summed E-state index contributed by atoms with van der Waals surface area (Å²) >= 11 is 0. The molecule has 0 spiro atoms. The molecule has 1 aliphatic carbocycles. The maximum Gasteiger partial charge on any atom is 0.223 e. The smallest absolute Gasteiger partial charge is 0.223 e. The third kappa shape index (κ3) is 3.41. The Morgan fingerprint density at radius 3 is 2.48 bits per heavy atom. The van der Waals surface area contributed by atoms with Crippen molar-refractivity contribution in [3.05, 3.63) is 48.5 Å². The van der Waals surface area contributed by atoms with Crippen LogP contribution in [-0.2, 0) is 4.79 Å². The van der Waals surface area contributed by atoms with Crippen molar-refractivity contribution in [3.8, 4) is 11.1 Å². The van der Waals surface area contributed by atoms with Crippen LogP contribution in [0.2, 0.25) is 0 Å². The Labute approximate surface area is 146 Å². The fourth-order valence-corrected chi connectivity index (χ4v) is 3.51. The molecule has 2 aliphatic rings. The second kappa shape index (κ2) is 6.90. The van der Waals surface area contributed by atoms with Crippen LogP contribution in [0.1, 0.15) is 24.3 Å². The zero-order chi connectivity index (χ0) is 17.2. The van der Waals surface area contributed by atoms with Gasteiger partial charge in [-0.3, -0.25) is 4.79 Å². The van der Waals surface area contributed by atoms with Crippen LogP contribution in [0.3, 0.4) is 0 Å². The van der Waals surface area contributed by atoms with Crippen molar-refractivity contribution in [1.29, 1.82) is 0 Å². The highest BCUT2D eigenvalue weighted by Crippen LogP contribution is 2.33. The van der Waals surface area contributed by atoms with Crippen LogP contribution in [0, 0.1) is 5.92 Å². The van der Waals surface area contributed by atoms with E-state index in [0.717, 1.165) is 24.0 Å². The first kappa shape index (κ1) is 16.2. The Kier molecular flexibility index (Phi) is 4.46. The summed E-state index contributed by atoms with van der Waals surface area (Å²) < 4.78 is 0. The Morgan fingerprint density at radius 2 is 1.84 bits per heavy atom. The lowest BCUT2D eigenvalue weighted by Gasteiger charge is -2.46. The molecule has 0 unspecified atom stereocenters. The van der Waals surface area contributed by atoms with Crippen molar-refractivity contribution in [2.45, 2.75) is 30.8 Å². The molecule has 1 aliphatic heterocycles. The van der Waals surface area contributed by atoms with Gasteiger partial charge in [0.1, 0.15) is 6.33 Å². The Hall–Kier alpha value is -2.31. The molecule has 3 atom stereocenters. The van der Waals surface area contributed by atoms with Gasteiger partial charge in [0.15, 0.2) is 0 Å². The molecule has 6 nitrogen and oxygen atoms in total. The lowest BCUT2D eigenvalue weighted by molar-refractivity contribution is -0.122. The van der Waals surface area contributed by atoms with E-state index < -0.39 is 0 Å². The third-order valence-electron chi connectivity index (χ3n) is 5.13. The Morgan fingerprint density at radius 1 is 1.12 bits per heavy atom. The lowest BCUT2D eigenvalue weighted by Crippen LogP contribution is -2.64. The number of carbonyl (C=O) groups excluding carboxylic acids is 1. The van der Waals surface area contributed by atoms with Crippen LogP contribution in [0.25, 0.3) is 11.1 Å². The quantitative estimate of drug-likeness (QED) is 0.734. The number of aliphatic hydroxyl groups is 1. The molecule has 1 amide bonds. The number of nitrogens with zero attached hydrogens (tertiary/aromatic N) is 2. The first-order chi connectivity index (χ1) is 12.3. The Bertz CT molecular complexity index is 731. The van der Waals surface area contributed by atoms with Gasteiger partial charge in [0.25, 0.3) is 0 Å². The summed E-state index contributed by atoms with van der Waals surface area (Å²) in [6.07, 6.45) is 7.12. The van der Waals surface area contributed by atoms with Crippen LogP contribution in [0.5, 0.6) is 0 Å². The largest absolute Gasteiger partial charge is 0.395 e. The molecule has 1 aromatic heterocycles. The fraction of sp³-hybridized carbons (Fsp3) is 0.421. The minimum atomic E-state index is 0.0359. The Balaban J connectivity index is 1.45. The van der Waals surface area contributed by atoms with Gasteiger partial charge in [-0.15, -0.1) is 0 Å². The molecule has 4 rings (SSSR count). The van der Waals surface area contributed by atoms with Crippen LogP contribution in [-0.4, -0.2) is 46.2 Å². The lowest BCUT2D eigenvalue weighted by atomic mass is 9.77. The first-order valence-electron chi connectivity index (χ1n) is 8.76. The zero-order valence-corrected chi connectivity index (χ0v) is 13.9. The normalized spacial score (nSPS) is 25.2. The van der Waals surface area contributed by atoms with Gasteiger partial charge < -0.3 is 15.7 Å². The number of rotatable bonds is 6. The predicted molar refractivity (Wildman–Crippen MR) is 93.7 cm³/mol. The van der Waals surface area contributed by atoms with Gasteiger partial charge in [0, 0.05) is 48.4 Å². The molecule has 2 aromatic rings. The topological polar surface area (TPSA) is 87.1 Å². The molecular weight excluding hydrogens is 316 g/mol. The molecule has 130 valence electrons. The predicted octanol–water partition coefficient (Wildman–Crippen LogP) is 1.09. The molecule has 1 saturated carbocycles. The molecule has 1 saturated heterocycles. The number of benzene rings is 1. The summed E-state index contributed by atoms with van der Waals surface area (Å²) in [7, 11) is 0. The van der Waals surface area contributed by atoms with E-state index in [1.54, 1.807) is 12.4 Å². The number of carbonyl (C=O) groups is 1. The third-order valence-corrected chi connectivity index (χ3v) is 5.13. The maximum absolute atomic E-state index is 11.8. The van der Waals surface area contributed by atoms with Crippen molar-refractivity contribution in [2.75, 3.05) is 13.2 Å². The molecule has 2 fully saturated rings. The fourth-order valence-electron chi connectivity index (χ4n) is 3.51. The van der Waals surface area contributed by atoms with E-state index in [9.17, 15) is 9.90 Å². The molecule has 2 heterocycles. The van der Waals surface area contributed by atoms with Gasteiger partial charge in [-0.25, -0.2) is 9.97 Å². The molecule has 0 radical (unpaired) electrons. The van der Waals surface area contributed by atoms with Gasteiger partial charge in [-0.05, 0) is 24.0 Å². The SMILES string of the molecule is O=C(NC[C@@H]1N[C@H](CO)[C@@H]1c1ccc(-c2cncnc2)cc1)C1CC1. The molecule has 25 heavy (non-hydrogen) atoms. The highest BCUT2D eigenvalue weighted by molar-refractivity contribution is 5.80. The van der Waals surface area contributed by atoms with Crippen molar-refractivity contribution in [1.82, 2.24) is 20.6 Å². The molecule has 6 heteroatoms. The van der Waals surface area contributed by atoms with Gasteiger partial charge in [0.2, 0.25) is 5.91 Å². The van der Waals surface area contributed by atoms with Crippen molar-refractivity contribution < 1.29 is 9.90 Å². The van der Waals surface area contributed by atoms with E-state index in [-0.39, 0.29) is 36.4 Å². The standard InChI is InChI=1S/C19H22N4O2/c24-10-17-18(16(23-17)9-22-19(25)14-5-6-14)13-3-1-12(2-4-13)15-7-20-11-21-8-15/h1-4,7-8,11,14,16-18,23-24H,5-6,9-10H2,(H,22,25)/t16-,17+,18+/m0/s1. The van der Waals surface area contributed by atoms with Crippen LogP contribution >= 0.6 is 0 Å². The summed E-state index contributed by atoms with van der Waals surface area (Å²) in [5, 5.41) is 16.0. The van der Waals surface area contributed by atoms with Crippen molar-refractivity contribution >= 4 is 5.91 Å². The number of hydrogen-bond donors (Lipinski definition) is 3. The molecule has 1 aromatic carbocycles. The van der Waals surface area contributed by atoms with E-state index in [4.69, 9.17) is 0 Å². The van der Waals surface area contributed by atoms with Gasteiger partial charge in [-0.1, -0.05) is 24.3 Å². The minimum absolute atomic E-state index is 0.0359. The van der Waals surface area contributed by atoms with Crippen LogP contribution in [0.15, 0.2) is 43.0 Å². The molecular formula is C19H22N4O2. The number of aromatic nitrogens is 2. The summed E-state index contributed by atoms with van der Waals surface area (Å²) in [6.45, 7) is 0.691. The summed E-state index contributed by atoms with van der Waals surface area (Å²) in [5.41, 5.74) is 3.22. The number of nitrogens with one attached hydrogen (secondary N) is 2. The van der Waals surface area contributed by atoms with E-state index in [0.29, 0.717) is 6.54 Å². The second-order valence-corrected chi connectivity index (χ2v) is 6.86. The minimum Gasteiger partial charge on any atom is -0.395 e. The average molecular weight is 338 g/mol. The number of hydrogen-bond acceptors (Lipinski definition) is 5. The van der Waals surface area contributed by atoms with Crippen LogP contribution < -0.4 is 10.6 Å². The second-order valence-electron chi connectivity index (χ2n) is 6.86. The van der Waals surface area contributed by atoms with Gasteiger partial charge >= 0.3 is 0 Å². The molecule has 0 bridgehead atoms. The van der Waals surface area contributed by atoms with Gasteiger partial charge in [0.05, 0.1) is 6.61 Å². The summed E-state index contributed by atoms with van der Waals surface area (Å²) in [4.78, 5) is 19.9. The van der Waals surface area contributed by atoms with E-state index in [1.165, 1.54) is 11.9 Å². The number of amides is 1. The number of aliphatic hydroxyl groups excluding tert-OH is 1. The van der Waals surface area contributed by atoms with E-state index in [1.807, 2.05) is 0 Å². The van der Waals surface area contributed by atoms with Crippen molar-refractivity contribution in [3.63, 3.8) is 0 Å². The van der Waals surface area contributed by atoms with Crippen molar-refractivity contribution in [2.24, 2.45) is 5.92 Å². The van der Waals surface area contributed by atoms with E-state index in [2.05, 4.69) is 44.9 Å². The van der Waals surface area contributed by atoms with E-state index >= 15 is 0 Å². The summed E-state index contributed by atoms with van der Waals surface area (Å²) in [5.74, 6) is 0.581. The highest BCUT2D eigenvalue weighted by atomic mass is 16.3. The molecule has 3 N–H and O–H groups in total. The average Bonchev–Trinajstić information content (AvgIpc) is 3.47. The highest BCUT2D eigenvalue weighted by Gasteiger charge is 2.41. The summed E-state index contributed by atoms with van der Waals surface area (Å²) in [6, 6.07) is 8.49. The van der Waals surface area contributed by atoms with Gasteiger partial charge in [-0.2, -0.15) is 0 Å². The zero-order valence-electron chi connectivity index (χ0n) is 13.9. The van der Waals surface area contributed by atoms with Crippen LogP contribution in [0.4, 0.5) is 0 Å².